The Morgan fingerprint density at radius 2 is 1.82 bits per heavy atom. The van der Waals surface area contributed by atoms with Crippen molar-refractivity contribution in [1.82, 2.24) is 25.1 Å². The predicted molar refractivity (Wildman–Crippen MR) is 114 cm³/mol. The summed E-state index contributed by atoms with van der Waals surface area (Å²) in [4.78, 5) is 12.9. The lowest BCUT2D eigenvalue weighted by Gasteiger charge is -2.10. The first-order valence-electron chi connectivity index (χ1n) is 8.17. The number of benzene rings is 2. The van der Waals surface area contributed by atoms with Gasteiger partial charge in [0.05, 0.1) is 0 Å². The third kappa shape index (κ3) is 3.86. The normalized spacial score (nSPS) is 10.8. The third-order valence-electron chi connectivity index (χ3n) is 3.87. The smallest absolute Gasteiger partial charge is 0.257 e. The zero-order chi connectivity index (χ0) is 19.7. The molecule has 0 atom stereocenters. The van der Waals surface area contributed by atoms with Crippen LogP contribution in [0, 0.1) is 6.92 Å². The molecule has 1 amide bonds. The second kappa shape index (κ2) is 7.63. The maximum atomic E-state index is 12.2. The molecule has 7 nitrogen and oxygen atoms in total. The van der Waals surface area contributed by atoms with E-state index in [1.807, 2.05) is 31.2 Å². The van der Waals surface area contributed by atoms with E-state index in [1.54, 1.807) is 28.8 Å². The van der Waals surface area contributed by atoms with E-state index in [1.165, 1.54) is 11.3 Å². The minimum atomic E-state index is -0.305. The highest BCUT2D eigenvalue weighted by Crippen LogP contribution is 2.26. The van der Waals surface area contributed by atoms with Gasteiger partial charge in [0.1, 0.15) is 5.01 Å². The van der Waals surface area contributed by atoms with Crippen molar-refractivity contribution in [3.63, 3.8) is 0 Å². The van der Waals surface area contributed by atoms with E-state index in [4.69, 9.17) is 23.8 Å². The van der Waals surface area contributed by atoms with E-state index in [0.29, 0.717) is 10.6 Å². The lowest BCUT2D eigenvalue weighted by molar-refractivity contribution is 0.0978. The maximum Gasteiger partial charge on any atom is 0.257 e. The van der Waals surface area contributed by atoms with E-state index in [2.05, 4.69) is 25.9 Å². The first-order valence-corrected chi connectivity index (χ1v) is 9.77. The van der Waals surface area contributed by atoms with Crippen LogP contribution in [-0.4, -0.2) is 30.8 Å². The first kappa shape index (κ1) is 18.5. The molecule has 4 rings (SSSR count). The van der Waals surface area contributed by atoms with E-state index in [9.17, 15) is 4.79 Å². The van der Waals surface area contributed by atoms with Gasteiger partial charge in [-0.2, -0.15) is 9.61 Å². The second-order valence-corrected chi connectivity index (χ2v) is 7.64. The van der Waals surface area contributed by atoms with E-state index >= 15 is 0 Å². The molecule has 0 aliphatic rings. The number of anilines is 1. The summed E-state index contributed by atoms with van der Waals surface area (Å²) in [6.07, 6.45) is 0. The summed E-state index contributed by atoms with van der Waals surface area (Å²) >= 11 is 12.5. The summed E-state index contributed by atoms with van der Waals surface area (Å²) in [7, 11) is 0. The minimum Gasteiger partial charge on any atom is -0.332 e. The number of nitrogens with zero attached hydrogens (tertiary/aromatic N) is 4. The predicted octanol–water partition coefficient (Wildman–Crippen LogP) is 3.94. The number of rotatable bonds is 3. The standard InChI is InChI=1S/C18H13ClN6OS2/c1-10-22-23-18-25(10)24-16(28-18)12-4-8-14(9-5-12)20-17(27)21-15(26)11-2-6-13(19)7-3-11/h2-9H,1H3,(H2,20,21,26,27). The van der Waals surface area contributed by atoms with Gasteiger partial charge in [0.25, 0.3) is 5.91 Å². The fourth-order valence-corrected chi connectivity index (χ4v) is 3.69. The monoisotopic (exact) mass is 428 g/mol. The number of hydrogen-bond donors (Lipinski definition) is 2. The topological polar surface area (TPSA) is 84.2 Å². The molecule has 0 spiro atoms. The van der Waals surface area contributed by atoms with Crippen LogP contribution in [0.3, 0.4) is 0 Å². The van der Waals surface area contributed by atoms with Gasteiger partial charge in [-0.3, -0.25) is 10.1 Å². The van der Waals surface area contributed by atoms with Crippen LogP contribution in [0.2, 0.25) is 5.02 Å². The molecular formula is C18H13ClN6OS2. The summed E-state index contributed by atoms with van der Waals surface area (Å²) < 4.78 is 1.72. The van der Waals surface area contributed by atoms with E-state index in [-0.39, 0.29) is 11.0 Å². The van der Waals surface area contributed by atoms with Crippen LogP contribution in [0.25, 0.3) is 15.5 Å². The van der Waals surface area contributed by atoms with E-state index < -0.39 is 0 Å². The Morgan fingerprint density at radius 1 is 1.11 bits per heavy atom. The molecule has 0 unspecified atom stereocenters. The average molecular weight is 429 g/mol. The number of amides is 1. The summed E-state index contributed by atoms with van der Waals surface area (Å²) in [6, 6.07) is 14.2. The zero-order valence-electron chi connectivity index (χ0n) is 14.5. The molecule has 2 aromatic carbocycles. The third-order valence-corrected chi connectivity index (χ3v) is 5.27. The van der Waals surface area contributed by atoms with Gasteiger partial charge in [-0.05, 0) is 67.7 Å². The van der Waals surface area contributed by atoms with Crippen molar-refractivity contribution in [2.75, 3.05) is 5.32 Å². The minimum absolute atomic E-state index is 0.210. The van der Waals surface area contributed by atoms with Crippen molar-refractivity contribution in [2.24, 2.45) is 0 Å². The van der Waals surface area contributed by atoms with Crippen LogP contribution in [0.15, 0.2) is 48.5 Å². The molecule has 0 saturated heterocycles. The summed E-state index contributed by atoms with van der Waals surface area (Å²) in [5.41, 5.74) is 2.18. The largest absolute Gasteiger partial charge is 0.332 e. The van der Waals surface area contributed by atoms with Crippen molar-refractivity contribution < 1.29 is 4.79 Å². The number of thiocarbonyl (C=S) groups is 1. The molecule has 140 valence electrons. The van der Waals surface area contributed by atoms with Crippen LogP contribution in [0.1, 0.15) is 16.2 Å². The van der Waals surface area contributed by atoms with Crippen molar-refractivity contribution in [3.05, 3.63) is 64.9 Å². The highest BCUT2D eigenvalue weighted by atomic mass is 35.5. The van der Waals surface area contributed by atoms with Crippen molar-refractivity contribution in [2.45, 2.75) is 6.92 Å². The Bertz CT molecular complexity index is 1170. The number of carbonyl (C=O) groups is 1. The van der Waals surface area contributed by atoms with Gasteiger partial charge in [0, 0.05) is 21.8 Å². The molecule has 0 saturated carbocycles. The highest BCUT2D eigenvalue weighted by molar-refractivity contribution is 7.80. The van der Waals surface area contributed by atoms with Crippen LogP contribution >= 0.6 is 35.2 Å². The molecule has 2 aromatic heterocycles. The molecule has 0 aliphatic heterocycles. The molecule has 0 aliphatic carbocycles. The summed E-state index contributed by atoms with van der Waals surface area (Å²) in [6.45, 7) is 1.86. The van der Waals surface area contributed by atoms with Crippen molar-refractivity contribution >= 4 is 56.8 Å². The van der Waals surface area contributed by atoms with Gasteiger partial charge >= 0.3 is 0 Å². The number of aryl methyl sites for hydroxylation is 1. The van der Waals surface area contributed by atoms with Crippen molar-refractivity contribution in [3.8, 4) is 10.6 Å². The Balaban J connectivity index is 1.41. The number of aromatic nitrogens is 4. The lowest BCUT2D eigenvalue weighted by atomic mass is 10.2. The number of nitrogens with one attached hydrogen (secondary N) is 2. The van der Waals surface area contributed by atoms with Gasteiger partial charge in [0.2, 0.25) is 4.96 Å². The summed E-state index contributed by atoms with van der Waals surface area (Å²) in [5, 5.41) is 19.8. The molecule has 2 heterocycles. The molecule has 10 heteroatoms. The first-order chi connectivity index (χ1) is 13.5. The molecule has 2 N–H and O–H groups in total. The molecule has 0 fully saturated rings. The Labute approximate surface area is 174 Å². The zero-order valence-corrected chi connectivity index (χ0v) is 16.9. The van der Waals surface area contributed by atoms with Crippen LogP contribution in [0.5, 0.6) is 0 Å². The fraction of sp³-hybridized carbons (Fsp3) is 0.0556. The van der Waals surface area contributed by atoms with Crippen LogP contribution < -0.4 is 10.6 Å². The van der Waals surface area contributed by atoms with Gasteiger partial charge in [0.15, 0.2) is 10.9 Å². The Hall–Kier alpha value is -2.88. The summed E-state index contributed by atoms with van der Waals surface area (Å²) in [5.74, 6) is 0.443. The van der Waals surface area contributed by atoms with Gasteiger partial charge < -0.3 is 5.32 Å². The number of halogens is 1. The van der Waals surface area contributed by atoms with Gasteiger partial charge in [-0.15, -0.1) is 10.2 Å². The molecule has 0 radical (unpaired) electrons. The van der Waals surface area contributed by atoms with Gasteiger partial charge in [-0.1, -0.05) is 22.9 Å². The molecular weight excluding hydrogens is 416 g/mol. The fourth-order valence-electron chi connectivity index (χ4n) is 2.47. The average Bonchev–Trinajstić information content (AvgIpc) is 3.25. The van der Waals surface area contributed by atoms with Crippen LogP contribution in [-0.2, 0) is 0 Å². The van der Waals surface area contributed by atoms with Crippen LogP contribution in [0.4, 0.5) is 5.69 Å². The quantitative estimate of drug-likeness (QED) is 0.481. The Morgan fingerprint density at radius 3 is 2.50 bits per heavy atom. The molecule has 0 bridgehead atoms. The number of hydrogen-bond acceptors (Lipinski definition) is 6. The van der Waals surface area contributed by atoms with E-state index in [0.717, 1.165) is 27.0 Å². The second-order valence-electron chi connectivity index (χ2n) is 5.84. The highest BCUT2D eigenvalue weighted by Gasteiger charge is 2.11. The van der Waals surface area contributed by atoms with Gasteiger partial charge in [-0.25, -0.2) is 0 Å². The van der Waals surface area contributed by atoms with Crippen molar-refractivity contribution in [1.29, 1.82) is 0 Å². The number of fused-ring (bicyclic) bond motifs is 1. The molecule has 28 heavy (non-hydrogen) atoms. The maximum absolute atomic E-state index is 12.2. The lowest BCUT2D eigenvalue weighted by Crippen LogP contribution is -2.34. The number of carbonyl (C=O) groups excluding carboxylic acids is 1. The molecule has 4 aromatic rings. The Kier molecular flexibility index (Phi) is 5.03. The SMILES string of the molecule is Cc1nnc2sc(-c3ccc(NC(=S)NC(=O)c4ccc(Cl)cc4)cc3)nn12.